The fraction of sp³-hybridized carbons (Fsp3) is 0.404. The third-order valence-corrected chi connectivity index (χ3v) is 15.0. The van der Waals surface area contributed by atoms with Crippen molar-refractivity contribution in [1.29, 1.82) is 0 Å². The SMILES string of the molecule is C[C@]1(O)CC[C@@H](COc2ncc(S(=O)(=O)NC(=O)c3ccc(N4CCN(CC5=C(c6ccc(Cl)cc6)CC6(CC5)CC6)CC4)cc3Oc3ccc4[nH]ccc4c3)cc2Cl)CC1. The molecular weight excluding hydrogens is 834 g/mol. The highest BCUT2D eigenvalue weighted by Crippen LogP contribution is 2.59. The summed E-state index contributed by atoms with van der Waals surface area (Å²) in [5.41, 5.74) is 6.00. The summed E-state index contributed by atoms with van der Waals surface area (Å²) in [5.74, 6) is 0.203. The van der Waals surface area contributed by atoms with E-state index < -0.39 is 21.5 Å². The first-order valence-corrected chi connectivity index (χ1v) is 23.5. The normalized spacial score (nSPS) is 21.8. The monoisotopic (exact) mass is 883 g/mol. The maximum absolute atomic E-state index is 13.9. The molecule has 4 aliphatic rings. The highest BCUT2D eigenvalue weighted by Gasteiger charge is 2.45. The maximum Gasteiger partial charge on any atom is 0.268 e. The Balaban J connectivity index is 0.899. The van der Waals surface area contributed by atoms with Crippen molar-refractivity contribution in [1.82, 2.24) is 19.6 Å². The molecule has 3 aromatic carbocycles. The number of aromatic amines is 1. The number of anilines is 1. The van der Waals surface area contributed by atoms with Crippen molar-refractivity contribution in [2.45, 2.75) is 75.2 Å². The highest BCUT2D eigenvalue weighted by atomic mass is 35.5. The third kappa shape index (κ3) is 9.59. The van der Waals surface area contributed by atoms with E-state index >= 15 is 0 Å². The Bertz CT molecular complexity index is 2570. The molecule has 61 heavy (non-hydrogen) atoms. The number of nitrogens with one attached hydrogen (secondary N) is 2. The molecule has 5 aromatic rings. The number of rotatable bonds is 12. The summed E-state index contributed by atoms with van der Waals surface area (Å²) in [6.45, 7) is 6.42. The van der Waals surface area contributed by atoms with Gasteiger partial charge in [0.2, 0.25) is 5.88 Å². The number of H-pyrrole nitrogens is 1. The number of fused-ring (bicyclic) bond motifs is 1. The Morgan fingerprint density at radius 1 is 0.951 bits per heavy atom. The van der Waals surface area contributed by atoms with Gasteiger partial charge in [-0.3, -0.25) is 9.69 Å². The van der Waals surface area contributed by atoms with Crippen LogP contribution in [0.25, 0.3) is 16.5 Å². The molecular formula is C47H51Cl2N5O6S. The van der Waals surface area contributed by atoms with Gasteiger partial charge in [0.25, 0.3) is 15.9 Å². The number of aliphatic hydroxyl groups is 1. The van der Waals surface area contributed by atoms with Crippen LogP contribution in [0.3, 0.4) is 0 Å². The van der Waals surface area contributed by atoms with Crippen LogP contribution in [-0.2, 0) is 10.0 Å². The molecule has 0 atom stereocenters. The molecule has 1 saturated heterocycles. The number of sulfonamides is 1. The second-order valence-electron chi connectivity index (χ2n) is 17.7. The van der Waals surface area contributed by atoms with Crippen LogP contribution >= 0.6 is 23.2 Å². The summed E-state index contributed by atoms with van der Waals surface area (Å²) in [5, 5.41) is 12.0. The van der Waals surface area contributed by atoms with Crippen LogP contribution in [-0.4, -0.2) is 79.2 Å². The first kappa shape index (κ1) is 41.7. The van der Waals surface area contributed by atoms with Crippen molar-refractivity contribution in [2.75, 3.05) is 44.2 Å². The number of benzene rings is 3. The Kier molecular flexibility index (Phi) is 11.6. The van der Waals surface area contributed by atoms with Crippen LogP contribution in [0.1, 0.15) is 80.6 Å². The lowest BCUT2D eigenvalue weighted by molar-refractivity contribution is 0.00127. The van der Waals surface area contributed by atoms with Crippen molar-refractivity contribution >= 4 is 61.3 Å². The van der Waals surface area contributed by atoms with E-state index in [2.05, 4.69) is 36.6 Å². The van der Waals surface area contributed by atoms with Gasteiger partial charge in [0.15, 0.2) is 0 Å². The number of allylic oxidation sites excluding steroid dienone is 1. The van der Waals surface area contributed by atoms with Crippen LogP contribution in [0.4, 0.5) is 5.69 Å². The van der Waals surface area contributed by atoms with E-state index in [4.69, 9.17) is 32.7 Å². The quantitative estimate of drug-likeness (QED) is 0.112. The van der Waals surface area contributed by atoms with E-state index in [1.54, 1.807) is 12.1 Å². The van der Waals surface area contributed by atoms with E-state index in [-0.39, 0.29) is 33.0 Å². The number of hydrogen-bond donors (Lipinski definition) is 3. The summed E-state index contributed by atoms with van der Waals surface area (Å²) in [4.78, 5) is 25.8. The van der Waals surface area contributed by atoms with Gasteiger partial charge in [-0.1, -0.05) is 40.9 Å². The number of pyridine rings is 1. The predicted molar refractivity (Wildman–Crippen MR) is 239 cm³/mol. The van der Waals surface area contributed by atoms with Crippen molar-refractivity contribution in [2.24, 2.45) is 11.3 Å². The van der Waals surface area contributed by atoms with Crippen molar-refractivity contribution in [3.8, 4) is 17.4 Å². The van der Waals surface area contributed by atoms with Crippen molar-refractivity contribution < 1.29 is 27.8 Å². The summed E-state index contributed by atoms with van der Waals surface area (Å²) in [6.07, 6.45) is 12.1. The molecule has 0 unspecified atom stereocenters. The summed E-state index contributed by atoms with van der Waals surface area (Å²) in [7, 11) is -4.40. The number of piperazine rings is 1. The maximum atomic E-state index is 13.9. The average Bonchev–Trinajstić information content (AvgIpc) is 3.83. The van der Waals surface area contributed by atoms with E-state index in [9.17, 15) is 18.3 Å². The van der Waals surface area contributed by atoms with Crippen molar-refractivity contribution in [3.63, 3.8) is 0 Å². The third-order valence-electron chi connectivity index (χ3n) is 13.2. The van der Waals surface area contributed by atoms with Crippen LogP contribution in [0.15, 0.2) is 95.7 Å². The minimum absolute atomic E-state index is 0.0101. The first-order chi connectivity index (χ1) is 29.3. The van der Waals surface area contributed by atoms with Gasteiger partial charge in [-0.2, -0.15) is 0 Å². The van der Waals surface area contributed by atoms with Crippen LogP contribution in [0, 0.1) is 11.3 Å². The summed E-state index contributed by atoms with van der Waals surface area (Å²) < 4.78 is 41.7. The molecule has 1 amide bonds. The molecule has 9 rings (SSSR count). The van der Waals surface area contributed by atoms with Gasteiger partial charge < -0.3 is 24.5 Å². The number of hydrogen-bond acceptors (Lipinski definition) is 9. The van der Waals surface area contributed by atoms with E-state index in [1.165, 1.54) is 42.0 Å². The van der Waals surface area contributed by atoms with Gasteiger partial charge in [-0.25, -0.2) is 18.1 Å². The zero-order valence-electron chi connectivity index (χ0n) is 34.3. The highest BCUT2D eigenvalue weighted by molar-refractivity contribution is 7.90. The molecule has 14 heteroatoms. The largest absolute Gasteiger partial charge is 0.476 e. The second-order valence-corrected chi connectivity index (χ2v) is 20.2. The van der Waals surface area contributed by atoms with Crippen LogP contribution in [0.5, 0.6) is 17.4 Å². The van der Waals surface area contributed by atoms with Crippen LogP contribution in [0.2, 0.25) is 10.0 Å². The van der Waals surface area contributed by atoms with Gasteiger partial charge in [0.1, 0.15) is 21.4 Å². The fourth-order valence-electron chi connectivity index (χ4n) is 9.09. The second kappa shape index (κ2) is 16.9. The molecule has 2 aromatic heterocycles. The summed E-state index contributed by atoms with van der Waals surface area (Å²) in [6, 6.07) is 22.3. The Hall–Kier alpha value is -4.59. The number of carbonyl (C=O) groups is 1. The van der Waals surface area contributed by atoms with Crippen molar-refractivity contribution in [3.05, 3.63) is 112 Å². The first-order valence-electron chi connectivity index (χ1n) is 21.2. The van der Waals surface area contributed by atoms with E-state index in [1.807, 2.05) is 55.6 Å². The lowest BCUT2D eigenvalue weighted by Gasteiger charge is -2.38. The molecule has 0 radical (unpaired) electrons. The fourth-order valence-corrected chi connectivity index (χ4v) is 10.4. The average molecular weight is 885 g/mol. The van der Waals surface area contributed by atoms with Gasteiger partial charge in [0.05, 0.1) is 24.0 Å². The predicted octanol–water partition coefficient (Wildman–Crippen LogP) is 9.64. The Morgan fingerprint density at radius 3 is 2.46 bits per heavy atom. The number of aromatic nitrogens is 2. The van der Waals surface area contributed by atoms with Crippen LogP contribution < -0.4 is 19.1 Å². The molecule has 3 N–H and O–H groups in total. The molecule has 3 fully saturated rings. The number of amides is 1. The minimum Gasteiger partial charge on any atom is -0.476 e. The number of ether oxygens (including phenoxy) is 2. The van der Waals surface area contributed by atoms with Gasteiger partial charge in [-0.05, 0) is 142 Å². The lowest BCUT2D eigenvalue weighted by atomic mass is 9.78. The Labute approximate surface area is 367 Å². The van der Waals surface area contributed by atoms with Gasteiger partial charge in [0, 0.05) is 66.6 Å². The number of nitrogens with zero attached hydrogens (tertiary/aromatic N) is 3. The van der Waals surface area contributed by atoms with E-state index in [0.717, 1.165) is 86.2 Å². The molecule has 1 aliphatic heterocycles. The molecule has 1 spiro atoms. The van der Waals surface area contributed by atoms with E-state index in [0.29, 0.717) is 30.6 Å². The molecule has 0 bridgehead atoms. The summed E-state index contributed by atoms with van der Waals surface area (Å²) >= 11 is 12.7. The topological polar surface area (TPSA) is 137 Å². The van der Waals surface area contributed by atoms with Gasteiger partial charge in [-0.15, -0.1) is 0 Å². The molecule has 3 aliphatic carbocycles. The zero-order chi connectivity index (χ0) is 42.4. The smallest absolute Gasteiger partial charge is 0.268 e. The number of carbonyl (C=O) groups excluding carboxylic acids is 1. The lowest BCUT2D eigenvalue weighted by Crippen LogP contribution is -2.47. The molecule has 320 valence electrons. The number of halogens is 2. The van der Waals surface area contributed by atoms with Gasteiger partial charge >= 0.3 is 0 Å². The zero-order valence-corrected chi connectivity index (χ0v) is 36.6. The standard InChI is InChI=1S/C47H51Cl2N5O6S/c1-46(56)14-10-31(11-15-46)30-59-45-41(49)26-38(28-51-45)61(57,58)52-44(55)39-8-6-36(25-43(39)60-37-7-9-42-33(24-37)13-19-50-42)54-22-20-53(21-23-54)29-34-12-16-47(17-18-47)27-40(34)32-2-4-35(48)5-3-32/h2-9,13,19,24-26,28,31,50,56H,10-12,14-18,20-23,27,29-30H2,1H3,(H,52,55)/t31-,46+. The molecule has 11 nitrogen and oxygen atoms in total. The minimum atomic E-state index is -4.40. The Morgan fingerprint density at radius 2 is 1.72 bits per heavy atom. The molecule has 3 heterocycles. The molecule has 2 saturated carbocycles.